The van der Waals surface area contributed by atoms with Gasteiger partial charge in [0.2, 0.25) is 23.6 Å². The molecule has 300 valence electrons. The number of hydrogen-bond donors (Lipinski definition) is 3. The molecule has 13 nitrogen and oxygen atoms in total. The first kappa shape index (κ1) is 45.6. The van der Waals surface area contributed by atoms with Gasteiger partial charge in [0.15, 0.2) is 0 Å². The van der Waals surface area contributed by atoms with E-state index in [2.05, 4.69) is 24.5 Å². The third-order valence-electron chi connectivity index (χ3n) is 10.3. The number of likely N-dealkylation sites (N-methyl/N-ethyl adjacent to an activating group) is 1. The second kappa shape index (κ2) is 22.6. The van der Waals surface area contributed by atoms with Gasteiger partial charge < -0.3 is 40.4 Å². The number of carbonyl (C=O) groups excluding carboxylic acids is 5. The molecule has 0 bridgehead atoms. The zero-order chi connectivity index (χ0) is 39.7. The van der Waals surface area contributed by atoms with Gasteiger partial charge in [-0.25, -0.2) is 4.79 Å². The van der Waals surface area contributed by atoms with Crippen LogP contribution in [0.3, 0.4) is 0 Å². The molecule has 3 rings (SSSR count). The van der Waals surface area contributed by atoms with Crippen molar-refractivity contribution in [1.82, 2.24) is 20.4 Å². The first-order valence-electron chi connectivity index (χ1n) is 19.2. The summed E-state index contributed by atoms with van der Waals surface area (Å²) in [6.07, 6.45) is 6.68. The number of hydrogen-bond acceptors (Lipinski definition) is 9. The Balaban J connectivity index is 0.00000313. The molecular weight excluding hydrogens is 678 g/mol. The van der Waals surface area contributed by atoms with E-state index >= 15 is 0 Å². The molecule has 6 atom stereocenters. The minimum absolute atomic E-state index is 0.0342. The van der Waals surface area contributed by atoms with Crippen molar-refractivity contribution in [3.8, 4) is 0 Å². The van der Waals surface area contributed by atoms with Gasteiger partial charge in [-0.1, -0.05) is 76.8 Å². The van der Waals surface area contributed by atoms with Crippen LogP contribution in [0.2, 0.25) is 0 Å². The van der Waals surface area contributed by atoms with Crippen molar-refractivity contribution in [3.05, 3.63) is 35.9 Å². The molecule has 1 aromatic rings. The van der Waals surface area contributed by atoms with Gasteiger partial charge in [0.1, 0.15) is 6.04 Å². The quantitative estimate of drug-likeness (QED) is 0.202. The second-order valence-electron chi connectivity index (χ2n) is 15.0. The van der Waals surface area contributed by atoms with E-state index < -0.39 is 41.6 Å². The molecule has 1 saturated carbocycles. The lowest BCUT2D eigenvalue weighted by atomic mass is 9.80. The lowest BCUT2D eigenvalue weighted by Gasteiger charge is -2.41. The standard InChI is InChI=1S/C37H59N5O8.C3H8/c1-24(34(45)40-27(35(46)50-7)21-25-15-10-8-11-16-25)33(49-6)28-19-14-20-42(28)30(43)22-29(48-5)32(26-17-12-9-13-18-26)41(4)31(44)23-39-36(47)37(2,3)38;1-3-2/h8,10-11,15-16,24,26-29,32-33H,9,12-14,17-23,38H2,1-7H3,(H,39,47)(H,40,45);3H2,1-2H3. The Hall–Kier alpha value is -3.55. The number of nitrogens with two attached hydrogens (primary N) is 1. The van der Waals surface area contributed by atoms with Gasteiger partial charge in [0, 0.05) is 34.2 Å². The number of nitrogens with zero attached hydrogens (tertiary/aromatic N) is 2. The molecule has 2 aliphatic rings. The smallest absolute Gasteiger partial charge is 0.328 e. The molecule has 4 N–H and O–H groups in total. The molecule has 13 heteroatoms. The molecule has 0 radical (unpaired) electrons. The Morgan fingerprint density at radius 2 is 1.58 bits per heavy atom. The molecule has 1 heterocycles. The van der Waals surface area contributed by atoms with E-state index in [1.165, 1.54) is 20.6 Å². The Morgan fingerprint density at radius 3 is 2.13 bits per heavy atom. The number of methoxy groups -OCH3 is 3. The highest BCUT2D eigenvalue weighted by Crippen LogP contribution is 2.33. The number of carbonyl (C=O) groups is 5. The minimum atomic E-state index is -1.13. The maximum Gasteiger partial charge on any atom is 0.328 e. The van der Waals surface area contributed by atoms with E-state index in [-0.39, 0.29) is 55.1 Å². The SMILES string of the molecule is CCC.COC(=O)C(Cc1ccccc1)NC(=O)C(C)C(OC)C1CCCN1C(=O)CC(OC)C(C1CCCCC1)N(C)C(=O)CNC(=O)C(C)(C)N. The lowest BCUT2D eigenvalue weighted by molar-refractivity contribution is -0.148. The van der Waals surface area contributed by atoms with E-state index in [0.717, 1.165) is 44.1 Å². The fourth-order valence-electron chi connectivity index (χ4n) is 7.43. The van der Waals surface area contributed by atoms with Crippen molar-refractivity contribution in [3.63, 3.8) is 0 Å². The summed E-state index contributed by atoms with van der Waals surface area (Å²) in [5, 5.41) is 5.49. The number of esters is 1. The summed E-state index contributed by atoms with van der Waals surface area (Å²) >= 11 is 0. The van der Waals surface area contributed by atoms with Crippen molar-refractivity contribution in [2.45, 2.75) is 135 Å². The van der Waals surface area contributed by atoms with Crippen LogP contribution in [0.1, 0.15) is 98.0 Å². The molecular formula is C40H67N5O8. The topological polar surface area (TPSA) is 170 Å². The van der Waals surface area contributed by atoms with Crippen molar-refractivity contribution in [2.75, 3.05) is 41.5 Å². The summed E-state index contributed by atoms with van der Waals surface area (Å²) in [5.41, 5.74) is 5.65. The van der Waals surface area contributed by atoms with Gasteiger partial charge in [0.25, 0.3) is 0 Å². The fraction of sp³-hybridized carbons (Fsp3) is 0.725. The van der Waals surface area contributed by atoms with Crippen LogP contribution in [-0.2, 0) is 44.6 Å². The number of likely N-dealkylation sites (tertiary alicyclic amines) is 1. The van der Waals surface area contributed by atoms with Crippen LogP contribution in [0.5, 0.6) is 0 Å². The third kappa shape index (κ3) is 13.7. The molecule has 1 aromatic carbocycles. The van der Waals surface area contributed by atoms with Crippen LogP contribution in [0.25, 0.3) is 0 Å². The molecule has 53 heavy (non-hydrogen) atoms. The van der Waals surface area contributed by atoms with Gasteiger partial charge in [-0.05, 0) is 51.0 Å². The fourth-order valence-corrected chi connectivity index (χ4v) is 7.43. The van der Waals surface area contributed by atoms with Crippen LogP contribution in [0.15, 0.2) is 30.3 Å². The average Bonchev–Trinajstić information content (AvgIpc) is 3.63. The van der Waals surface area contributed by atoms with Crippen LogP contribution in [0.4, 0.5) is 0 Å². The first-order valence-corrected chi connectivity index (χ1v) is 19.2. The number of benzene rings is 1. The zero-order valence-corrected chi connectivity index (χ0v) is 33.7. The maximum absolute atomic E-state index is 14.1. The molecule has 1 aliphatic carbocycles. The zero-order valence-electron chi connectivity index (χ0n) is 33.7. The third-order valence-corrected chi connectivity index (χ3v) is 10.3. The van der Waals surface area contributed by atoms with E-state index in [0.29, 0.717) is 13.0 Å². The molecule has 1 aliphatic heterocycles. The van der Waals surface area contributed by atoms with Crippen LogP contribution in [0, 0.1) is 11.8 Å². The number of rotatable bonds is 17. The summed E-state index contributed by atoms with van der Waals surface area (Å²) < 4.78 is 16.9. The highest BCUT2D eigenvalue weighted by atomic mass is 16.5. The van der Waals surface area contributed by atoms with E-state index in [4.69, 9.17) is 19.9 Å². The lowest BCUT2D eigenvalue weighted by Crippen LogP contribution is -2.56. The average molecular weight is 746 g/mol. The number of nitrogens with one attached hydrogen (secondary N) is 2. The summed E-state index contributed by atoms with van der Waals surface area (Å²) in [6.45, 7) is 9.42. The van der Waals surface area contributed by atoms with Gasteiger partial charge in [-0.2, -0.15) is 0 Å². The van der Waals surface area contributed by atoms with Gasteiger partial charge >= 0.3 is 5.97 Å². The summed E-state index contributed by atoms with van der Waals surface area (Å²) in [4.78, 5) is 69.5. The monoisotopic (exact) mass is 745 g/mol. The van der Waals surface area contributed by atoms with Crippen molar-refractivity contribution < 1.29 is 38.2 Å². The van der Waals surface area contributed by atoms with E-state index in [1.54, 1.807) is 44.7 Å². The largest absolute Gasteiger partial charge is 0.467 e. The van der Waals surface area contributed by atoms with Crippen LogP contribution >= 0.6 is 0 Å². The Bertz CT molecular complexity index is 1300. The normalized spacial score (nSPS) is 19.1. The van der Waals surface area contributed by atoms with Gasteiger partial charge in [-0.15, -0.1) is 0 Å². The van der Waals surface area contributed by atoms with E-state index in [9.17, 15) is 24.0 Å². The highest BCUT2D eigenvalue weighted by molar-refractivity contribution is 5.89. The second-order valence-corrected chi connectivity index (χ2v) is 15.0. The molecule has 0 aromatic heterocycles. The molecule has 1 saturated heterocycles. The predicted molar refractivity (Wildman–Crippen MR) is 205 cm³/mol. The Labute approximate surface area is 317 Å². The summed E-state index contributed by atoms with van der Waals surface area (Å²) in [7, 11) is 6.08. The minimum Gasteiger partial charge on any atom is -0.467 e. The van der Waals surface area contributed by atoms with Gasteiger partial charge in [-0.3, -0.25) is 19.2 Å². The van der Waals surface area contributed by atoms with Crippen molar-refractivity contribution >= 4 is 29.6 Å². The molecule has 6 unspecified atom stereocenters. The number of ether oxygens (including phenoxy) is 3. The van der Waals surface area contributed by atoms with Crippen molar-refractivity contribution in [1.29, 1.82) is 0 Å². The Morgan fingerprint density at radius 1 is 0.962 bits per heavy atom. The molecule has 4 amide bonds. The van der Waals surface area contributed by atoms with Crippen LogP contribution in [-0.4, -0.2) is 117 Å². The summed E-state index contributed by atoms with van der Waals surface area (Å²) in [6, 6.07) is 7.73. The maximum atomic E-state index is 14.1. The first-order chi connectivity index (χ1) is 25.1. The predicted octanol–water partition coefficient (Wildman–Crippen LogP) is 3.61. The number of amides is 4. The van der Waals surface area contributed by atoms with Gasteiger partial charge in [0.05, 0.1) is 55.8 Å². The molecule has 2 fully saturated rings. The summed E-state index contributed by atoms with van der Waals surface area (Å²) in [5.74, 6) is -2.35. The Kier molecular flexibility index (Phi) is 19.5. The molecule has 0 spiro atoms. The van der Waals surface area contributed by atoms with Crippen LogP contribution < -0.4 is 16.4 Å². The van der Waals surface area contributed by atoms with Crippen molar-refractivity contribution in [2.24, 2.45) is 17.6 Å². The van der Waals surface area contributed by atoms with E-state index in [1.807, 2.05) is 30.3 Å². The highest BCUT2D eigenvalue weighted by Gasteiger charge is 2.43.